The number of carbonyl (C=O) groups excluding carboxylic acids is 1. The summed E-state index contributed by atoms with van der Waals surface area (Å²) < 4.78 is 1.52. The van der Waals surface area contributed by atoms with Crippen molar-refractivity contribution in [3.05, 3.63) is 11.9 Å². The van der Waals surface area contributed by atoms with E-state index in [0.29, 0.717) is 11.6 Å². The lowest BCUT2D eigenvalue weighted by Gasteiger charge is -2.14. The van der Waals surface area contributed by atoms with Gasteiger partial charge in [-0.05, 0) is 12.3 Å². The highest BCUT2D eigenvalue weighted by atomic mass is 16.2. The van der Waals surface area contributed by atoms with Gasteiger partial charge in [0.25, 0.3) is 5.91 Å². The molecule has 1 amide bonds. The molecule has 0 aromatic carbocycles. The molecule has 2 rings (SSSR count). The Labute approximate surface area is 82.7 Å². The van der Waals surface area contributed by atoms with Gasteiger partial charge in [0.1, 0.15) is 5.69 Å². The molecule has 0 radical (unpaired) electrons. The average Bonchev–Trinajstić information content (AvgIpc) is 2.73. The number of aryl methyl sites for hydroxylation is 1. The lowest BCUT2D eigenvalue weighted by molar-refractivity contribution is 0.0777. The Kier molecular flexibility index (Phi) is 2.23. The fourth-order valence-corrected chi connectivity index (χ4v) is 1.76. The Morgan fingerprint density at radius 2 is 2.43 bits per heavy atom. The highest BCUT2D eigenvalue weighted by Gasteiger charge is 2.25. The predicted molar refractivity (Wildman–Crippen MR) is 50.7 cm³/mol. The predicted octanol–water partition coefficient (Wildman–Crippen LogP) is 0.297. The van der Waals surface area contributed by atoms with Gasteiger partial charge in [0.05, 0.1) is 6.20 Å². The van der Waals surface area contributed by atoms with Crippen molar-refractivity contribution in [2.75, 3.05) is 13.1 Å². The molecule has 5 nitrogen and oxygen atoms in total. The summed E-state index contributed by atoms with van der Waals surface area (Å²) in [5, 5.41) is 7.45. The van der Waals surface area contributed by atoms with Crippen molar-refractivity contribution < 1.29 is 4.79 Å². The van der Waals surface area contributed by atoms with Crippen LogP contribution in [0.5, 0.6) is 0 Å². The van der Waals surface area contributed by atoms with E-state index in [9.17, 15) is 4.79 Å². The molecule has 14 heavy (non-hydrogen) atoms. The zero-order valence-electron chi connectivity index (χ0n) is 8.47. The number of likely N-dealkylation sites (tertiary alicyclic amines) is 1. The van der Waals surface area contributed by atoms with Crippen molar-refractivity contribution in [1.29, 1.82) is 0 Å². The van der Waals surface area contributed by atoms with E-state index in [1.54, 1.807) is 7.05 Å². The maximum Gasteiger partial charge on any atom is 0.273 e. The van der Waals surface area contributed by atoms with E-state index < -0.39 is 0 Å². The third kappa shape index (κ3) is 1.49. The molecule has 1 unspecified atom stereocenters. The van der Waals surface area contributed by atoms with Crippen LogP contribution < -0.4 is 0 Å². The summed E-state index contributed by atoms with van der Waals surface area (Å²) in [4.78, 5) is 13.8. The van der Waals surface area contributed by atoms with Gasteiger partial charge in [0.15, 0.2) is 0 Å². The molecule has 1 aromatic rings. The molecule has 0 bridgehead atoms. The van der Waals surface area contributed by atoms with Gasteiger partial charge < -0.3 is 4.90 Å². The van der Waals surface area contributed by atoms with Crippen LogP contribution in [0.1, 0.15) is 23.8 Å². The lowest BCUT2D eigenvalue weighted by atomic mass is 10.2. The van der Waals surface area contributed by atoms with Gasteiger partial charge in [-0.2, -0.15) is 0 Å². The second kappa shape index (κ2) is 3.40. The number of hydrogen-bond donors (Lipinski definition) is 0. The molecule has 1 atom stereocenters. The van der Waals surface area contributed by atoms with E-state index in [1.165, 1.54) is 10.9 Å². The molecule has 1 fully saturated rings. The molecule has 0 N–H and O–H groups in total. The zero-order chi connectivity index (χ0) is 10.1. The minimum Gasteiger partial charge on any atom is -0.337 e. The molecule has 0 aliphatic carbocycles. The van der Waals surface area contributed by atoms with Crippen LogP contribution in [-0.4, -0.2) is 38.9 Å². The van der Waals surface area contributed by atoms with Crippen LogP contribution in [0.15, 0.2) is 6.20 Å². The van der Waals surface area contributed by atoms with Crippen molar-refractivity contribution in [2.24, 2.45) is 13.0 Å². The number of amides is 1. The SMILES string of the molecule is CC1CCN(C(=O)c2cnnn2C)C1. The summed E-state index contributed by atoms with van der Waals surface area (Å²) >= 11 is 0. The normalized spacial score (nSPS) is 21.6. The highest BCUT2D eigenvalue weighted by Crippen LogP contribution is 2.17. The van der Waals surface area contributed by atoms with Crippen molar-refractivity contribution in [3.8, 4) is 0 Å². The van der Waals surface area contributed by atoms with Crippen LogP contribution in [-0.2, 0) is 7.05 Å². The average molecular weight is 194 g/mol. The molecular weight excluding hydrogens is 180 g/mol. The standard InChI is InChI=1S/C9H14N4O/c1-7-3-4-13(6-7)9(14)8-5-10-11-12(8)2/h5,7H,3-4,6H2,1-2H3. The fourth-order valence-electron chi connectivity index (χ4n) is 1.76. The molecule has 1 aliphatic rings. The van der Waals surface area contributed by atoms with Gasteiger partial charge in [-0.15, -0.1) is 5.10 Å². The molecule has 5 heteroatoms. The van der Waals surface area contributed by atoms with Crippen molar-refractivity contribution in [1.82, 2.24) is 19.9 Å². The lowest BCUT2D eigenvalue weighted by Crippen LogP contribution is -2.30. The Hall–Kier alpha value is -1.39. The molecular formula is C9H14N4O. The first-order valence-electron chi connectivity index (χ1n) is 4.82. The van der Waals surface area contributed by atoms with Gasteiger partial charge in [-0.1, -0.05) is 12.1 Å². The smallest absolute Gasteiger partial charge is 0.273 e. The number of hydrogen-bond acceptors (Lipinski definition) is 3. The first kappa shape index (κ1) is 9.18. The summed E-state index contributed by atoms with van der Waals surface area (Å²) in [6.07, 6.45) is 2.61. The molecule has 0 saturated carbocycles. The monoisotopic (exact) mass is 194 g/mol. The van der Waals surface area contributed by atoms with Gasteiger partial charge in [-0.25, -0.2) is 4.68 Å². The Morgan fingerprint density at radius 3 is 2.93 bits per heavy atom. The summed E-state index contributed by atoms with van der Waals surface area (Å²) in [7, 11) is 1.74. The quantitative estimate of drug-likeness (QED) is 0.646. The number of rotatable bonds is 1. The first-order chi connectivity index (χ1) is 6.68. The second-order valence-corrected chi connectivity index (χ2v) is 3.89. The van der Waals surface area contributed by atoms with Crippen molar-refractivity contribution in [3.63, 3.8) is 0 Å². The summed E-state index contributed by atoms with van der Waals surface area (Å²) in [5.41, 5.74) is 0.569. The molecule has 1 saturated heterocycles. The van der Waals surface area contributed by atoms with Crippen LogP contribution in [0.25, 0.3) is 0 Å². The summed E-state index contributed by atoms with van der Waals surface area (Å²) in [6.45, 7) is 3.87. The Balaban J connectivity index is 2.13. The third-order valence-electron chi connectivity index (χ3n) is 2.64. The Morgan fingerprint density at radius 1 is 1.64 bits per heavy atom. The third-order valence-corrected chi connectivity index (χ3v) is 2.64. The van der Waals surface area contributed by atoms with Crippen LogP contribution in [0, 0.1) is 5.92 Å². The van der Waals surface area contributed by atoms with E-state index in [-0.39, 0.29) is 5.91 Å². The van der Waals surface area contributed by atoms with E-state index in [1.807, 2.05) is 4.90 Å². The topological polar surface area (TPSA) is 51.0 Å². The summed E-state index contributed by atoms with van der Waals surface area (Å²) in [5.74, 6) is 0.655. The van der Waals surface area contributed by atoms with Crippen molar-refractivity contribution in [2.45, 2.75) is 13.3 Å². The van der Waals surface area contributed by atoms with Crippen LogP contribution in [0.2, 0.25) is 0 Å². The molecule has 0 spiro atoms. The minimum absolute atomic E-state index is 0.0434. The van der Waals surface area contributed by atoms with E-state index in [4.69, 9.17) is 0 Å². The molecule has 1 aliphatic heterocycles. The minimum atomic E-state index is 0.0434. The molecule has 1 aromatic heterocycles. The number of nitrogens with zero attached hydrogens (tertiary/aromatic N) is 4. The number of carbonyl (C=O) groups is 1. The van der Waals surface area contributed by atoms with Crippen molar-refractivity contribution >= 4 is 5.91 Å². The molecule has 2 heterocycles. The highest BCUT2D eigenvalue weighted by molar-refractivity contribution is 5.92. The Bertz CT molecular complexity index is 346. The van der Waals surface area contributed by atoms with Gasteiger partial charge in [0.2, 0.25) is 0 Å². The summed E-state index contributed by atoms with van der Waals surface area (Å²) in [6, 6.07) is 0. The maximum absolute atomic E-state index is 11.9. The van der Waals surface area contributed by atoms with E-state index >= 15 is 0 Å². The van der Waals surface area contributed by atoms with Crippen LogP contribution in [0.3, 0.4) is 0 Å². The second-order valence-electron chi connectivity index (χ2n) is 3.89. The molecule has 76 valence electrons. The fraction of sp³-hybridized carbons (Fsp3) is 0.667. The van der Waals surface area contributed by atoms with Gasteiger partial charge in [-0.3, -0.25) is 4.79 Å². The van der Waals surface area contributed by atoms with Gasteiger partial charge >= 0.3 is 0 Å². The van der Waals surface area contributed by atoms with Crippen LogP contribution >= 0.6 is 0 Å². The zero-order valence-corrected chi connectivity index (χ0v) is 8.47. The van der Waals surface area contributed by atoms with Crippen LogP contribution in [0.4, 0.5) is 0 Å². The largest absolute Gasteiger partial charge is 0.337 e. The maximum atomic E-state index is 11.9. The van der Waals surface area contributed by atoms with E-state index in [2.05, 4.69) is 17.2 Å². The first-order valence-corrected chi connectivity index (χ1v) is 4.82. The van der Waals surface area contributed by atoms with Gasteiger partial charge in [0, 0.05) is 20.1 Å². The number of aromatic nitrogens is 3. The van der Waals surface area contributed by atoms with E-state index in [0.717, 1.165) is 19.5 Å².